The van der Waals surface area contributed by atoms with E-state index in [4.69, 9.17) is 0 Å². The molecule has 5 aromatic carbocycles. The number of aromatic hydroxyl groups is 2. The van der Waals surface area contributed by atoms with Gasteiger partial charge in [-0.05, 0) is 33.7 Å². The number of hydrogen-bond acceptors (Lipinski definition) is 2. The summed E-state index contributed by atoms with van der Waals surface area (Å²) in [7, 11) is 0. The summed E-state index contributed by atoms with van der Waals surface area (Å²) in [6.07, 6.45) is 0. The second kappa shape index (κ2) is 3.80. The Morgan fingerprint density at radius 3 is 1.23 bits per heavy atom. The first kappa shape index (κ1) is 11.6. The molecule has 0 spiro atoms. The zero-order valence-corrected chi connectivity index (χ0v) is 11.7. The molecule has 0 heterocycles. The number of benzene rings is 5. The molecule has 0 fully saturated rings. The van der Waals surface area contributed by atoms with Crippen LogP contribution < -0.4 is 0 Å². The molecule has 2 nitrogen and oxygen atoms in total. The summed E-state index contributed by atoms with van der Waals surface area (Å²) in [5.41, 5.74) is 0. The fourth-order valence-electron chi connectivity index (χ4n) is 3.68. The molecule has 0 aromatic heterocycles. The number of fused-ring (bicyclic) bond motifs is 2. The molecule has 5 rings (SSSR count). The molecule has 0 aliphatic heterocycles. The first-order valence-corrected chi connectivity index (χ1v) is 7.26. The van der Waals surface area contributed by atoms with Crippen LogP contribution in [0.1, 0.15) is 0 Å². The van der Waals surface area contributed by atoms with Crippen LogP contribution in [-0.4, -0.2) is 10.2 Å². The quantitative estimate of drug-likeness (QED) is 0.305. The summed E-state index contributed by atoms with van der Waals surface area (Å²) >= 11 is 0. The third-order valence-electron chi connectivity index (χ3n) is 4.62. The van der Waals surface area contributed by atoms with Gasteiger partial charge in [0.05, 0.1) is 0 Å². The zero-order chi connectivity index (χ0) is 14.8. The van der Waals surface area contributed by atoms with Gasteiger partial charge in [0.1, 0.15) is 11.5 Å². The van der Waals surface area contributed by atoms with Crippen LogP contribution in [0, 0.1) is 0 Å². The molecule has 0 bridgehead atoms. The SMILES string of the molecule is Oc1ccc2c3cccc4c(O)ccc(c5cccc1c52)c43. The van der Waals surface area contributed by atoms with Crippen molar-refractivity contribution >= 4 is 43.1 Å². The van der Waals surface area contributed by atoms with Crippen molar-refractivity contribution in [2.45, 2.75) is 0 Å². The van der Waals surface area contributed by atoms with Gasteiger partial charge in [0.25, 0.3) is 0 Å². The van der Waals surface area contributed by atoms with Crippen LogP contribution in [0.5, 0.6) is 11.5 Å². The minimum absolute atomic E-state index is 0.301. The first-order chi connectivity index (χ1) is 10.8. The summed E-state index contributed by atoms with van der Waals surface area (Å²) in [5, 5.41) is 28.7. The maximum atomic E-state index is 10.2. The molecule has 0 radical (unpaired) electrons. The zero-order valence-electron chi connectivity index (χ0n) is 11.7. The average Bonchev–Trinajstić information content (AvgIpc) is 2.55. The van der Waals surface area contributed by atoms with Gasteiger partial charge in [-0.2, -0.15) is 0 Å². The highest BCUT2D eigenvalue weighted by molar-refractivity contribution is 6.33. The number of rotatable bonds is 0. The molecule has 0 saturated carbocycles. The third-order valence-corrected chi connectivity index (χ3v) is 4.62. The summed E-state index contributed by atoms with van der Waals surface area (Å²) < 4.78 is 0. The van der Waals surface area contributed by atoms with Gasteiger partial charge in [-0.25, -0.2) is 0 Å². The van der Waals surface area contributed by atoms with E-state index in [0.29, 0.717) is 11.5 Å². The standard InChI is InChI=1S/C20H12O2/c21-17-9-8-14-12-4-2-6-16-18(22)10-7-13(20(12)16)11-3-1-5-15(17)19(11)14/h1-10,21-22H. The predicted octanol–water partition coefficient (Wildman–Crippen LogP) is 5.15. The van der Waals surface area contributed by atoms with Crippen molar-refractivity contribution in [2.75, 3.05) is 0 Å². The minimum Gasteiger partial charge on any atom is -0.507 e. The Kier molecular flexibility index (Phi) is 2.01. The van der Waals surface area contributed by atoms with Crippen LogP contribution in [0.2, 0.25) is 0 Å². The fourth-order valence-corrected chi connectivity index (χ4v) is 3.68. The van der Waals surface area contributed by atoms with E-state index in [1.165, 1.54) is 0 Å². The lowest BCUT2D eigenvalue weighted by molar-refractivity contribution is 0.481. The van der Waals surface area contributed by atoms with E-state index in [0.717, 1.165) is 43.1 Å². The van der Waals surface area contributed by atoms with Gasteiger partial charge in [0, 0.05) is 21.5 Å². The molecule has 5 aromatic rings. The average molecular weight is 284 g/mol. The second-order valence-electron chi connectivity index (χ2n) is 5.72. The molecule has 2 heteroatoms. The van der Waals surface area contributed by atoms with Crippen molar-refractivity contribution in [3.05, 3.63) is 60.7 Å². The first-order valence-electron chi connectivity index (χ1n) is 7.26. The van der Waals surface area contributed by atoms with Gasteiger partial charge in [-0.1, -0.05) is 48.5 Å². The van der Waals surface area contributed by atoms with Gasteiger partial charge >= 0.3 is 0 Å². The van der Waals surface area contributed by atoms with Crippen molar-refractivity contribution < 1.29 is 10.2 Å². The van der Waals surface area contributed by atoms with E-state index in [1.54, 1.807) is 12.1 Å². The van der Waals surface area contributed by atoms with E-state index in [1.807, 2.05) is 36.4 Å². The molecular weight excluding hydrogens is 272 g/mol. The maximum Gasteiger partial charge on any atom is 0.123 e. The number of phenolic OH excluding ortho intramolecular Hbond substituents is 2. The highest BCUT2D eigenvalue weighted by Crippen LogP contribution is 2.43. The van der Waals surface area contributed by atoms with E-state index in [2.05, 4.69) is 12.1 Å². The van der Waals surface area contributed by atoms with Crippen molar-refractivity contribution in [3.8, 4) is 11.5 Å². The lowest BCUT2D eigenvalue weighted by Gasteiger charge is -2.15. The topological polar surface area (TPSA) is 40.5 Å². The lowest BCUT2D eigenvalue weighted by Crippen LogP contribution is -1.87. The highest BCUT2D eigenvalue weighted by atomic mass is 16.3. The molecule has 104 valence electrons. The fraction of sp³-hybridized carbons (Fsp3) is 0. The van der Waals surface area contributed by atoms with Gasteiger partial charge in [-0.3, -0.25) is 0 Å². The Labute approximate surface area is 126 Å². The molecule has 0 atom stereocenters. The predicted molar refractivity (Wildman–Crippen MR) is 91.0 cm³/mol. The maximum absolute atomic E-state index is 10.2. The van der Waals surface area contributed by atoms with Crippen molar-refractivity contribution in [1.82, 2.24) is 0 Å². The summed E-state index contributed by atoms with van der Waals surface area (Å²) in [6, 6.07) is 19.4. The van der Waals surface area contributed by atoms with E-state index in [9.17, 15) is 10.2 Å². The number of hydrogen-bond donors (Lipinski definition) is 2. The summed E-state index contributed by atoms with van der Waals surface area (Å²) in [4.78, 5) is 0. The van der Waals surface area contributed by atoms with Crippen molar-refractivity contribution in [2.24, 2.45) is 0 Å². The van der Waals surface area contributed by atoms with E-state index in [-0.39, 0.29) is 0 Å². The van der Waals surface area contributed by atoms with Crippen molar-refractivity contribution in [1.29, 1.82) is 0 Å². The smallest absolute Gasteiger partial charge is 0.123 e. The third kappa shape index (κ3) is 1.25. The molecule has 0 aliphatic rings. The van der Waals surface area contributed by atoms with Crippen LogP contribution in [0.3, 0.4) is 0 Å². The van der Waals surface area contributed by atoms with Gasteiger partial charge in [0.2, 0.25) is 0 Å². The lowest BCUT2D eigenvalue weighted by atomic mass is 9.89. The largest absolute Gasteiger partial charge is 0.507 e. The Hall–Kier alpha value is -3.00. The molecule has 0 aliphatic carbocycles. The van der Waals surface area contributed by atoms with Crippen LogP contribution in [0.15, 0.2) is 60.7 Å². The Morgan fingerprint density at radius 2 is 0.773 bits per heavy atom. The monoisotopic (exact) mass is 284 g/mol. The van der Waals surface area contributed by atoms with Crippen LogP contribution in [0.25, 0.3) is 43.1 Å². The molecule has 0 unspecified atom stereocenters. The van der Waals surface area contributed by atoms with Gasteiger partial charge in [-0.15, -0.1) is 0 Å². The minimum atomic E-state index is 0.301. The Bertz CT molecular complexity index is 1070. The van der Waals surface area contributed by atoms with Gasteiger partial charge in [0.15, 0.2) is 0 Å². The Morgan fingerprint density at radius 1 is 0.409 bits per heavy atom. The molecule has 22 heavy (non-hydrogen) atoms. The highest BCUT2D eigenvalue weighted by Gasteiger charge is 2.15. The second-order valence-corrected chi connectivity index (χ2v) is 5.72. The summed E-state index contributed by atoms with van der Waals surface area (Å²) in [6.45, 7) is 0. The van der Waals surface area contributed by atoms with E-state index < -0.39 is 0 Å². The molecule has 0 saturated heterocycles. The van der Waals surface area contributed by atoms with Crippen LogP contribution in [-0.2, 0) is 0 Å². The van der Waals surface area contributed by atoms with Crippen LogP contribution >= 0.6 is 0 Å². The van der Waals surface area contributed by atoms with Gasteiger partial charge < -0.3 is 10.2 Å². The molecule has 0 amide bonds. The van der Waals surface area contributed by atoms with Crippen molar-refractivity contribution in [3.63, 3.8) is 0 Å². The molecule has 2 N–H and O–H groups in total. The van der Waals surface area contributed by atoms with Crippen LogP contribution in [0.4, 0.5) is 0 Å². The summed E-state index contributed by atoms with van der Waals surface area (Å²) in [5.74, 6) is 0.602. The van der Waals surface area contributed by atoms with E-state index >= 15 is 0 Å². The normalized spacial score (nSPS) is 12.0. The Balaban J connectivity index is 2.28. The number of phenols is 2. The molecular formula is C20H12O2.